The van der Waals surface area contributed by atoms with Crippen LogP contribution in [0.4, 0.5) is 11.4 Å². The van der Waals surface area contributed by atoms with E-state index < -0.39 is 10.5 Å². The largest absolute Gasteiger partial charge is 0.324 e. The minimum absolute atomic E-state index is 0.159. The minimum atomic E-state index is -0.565. The van der Waals surface area contributed by atoms with Crippen LogP contribution in [0.1, 0.15) is 30.7 Å². The van der Waals surface area contributed by atoms with Crippen LogP contribution in [0.25, 0.3) is 0 Å². The van der Waals surface area contributed by atoms with E-state index in [1.807, 2.05) is 32.0 Å². The fraction of sp³-hybridized carbons (Fsp3) is 0.333. The Labute approximate surface area is 145 Å². The highest BCUT2D eigenvalue weighted by Crippen LogP contribution is 2.23. The van der Waals surface area contributed by atoms with Crippen molar-refractivity contribution in [3.05, 3.63) is 67.6 Å². The Kier molecular flexibility index (Phi) is 5.69. The second-order valence-corrected chi connectivity index (χ2v) is 5.69. The molecule has 7 heteroatoms. The van der Waals surface area contributed by atoms with Crippen molar-refractivity contribution >= 4 is 17.3 Å². The lowest BCUT2D eigenvalue weighted by atomic mass is 10.0. The van der Waals surface area contributed by atoms with Crippen LogP contribution in [0.15, 0.2) is 35.1 Å². The number of anilines is 1. The molecule has 1 amide bonds. The molecule has 1 heterocycles. The monoisotopic (exact) mass is 343 g/mol. The van der Waals surface area contributed by atoms with E-state index in [4.69, 9.17) is 0 Å². The third kappa shape index (κ3) is 3.93. The first-order valence-electron chi connectivity index (χ1n) is 8.14. The van der Waals surface area contributed by atoms with Gasteiger partial charge in [0.1, 0.15) is 6.54 Å². The summed E-state index contributed by atoms with van der Waals surface area (Å²) in [6.07, 6.45) is 1.53. The van der Waals surface area contributed by atoms with E-state index in [0.29, 0.717) is 0 Å². The molecule has 0 aliphatic heterocycles. The Morgan fingerprint density at radius 2 is 1.76 bits per heavy atom. The van der Waals surface area contributed by atoms with Crippen LogP contribution in [-0.2, 0) is 24.2 Å². The number of nitro groups is 1. The maximum atomic E-state index is 12.5. The Balaban J connectivity index is 2.32. The highest BCUT2D eigenvalue weighted by molar-refractivity contribution is 5.92. The molecule has 0 fully saturated rings. The highest BCUT2D eigenvalue weighted by atomic mass is 16.6. The van der Waals surface area contributed by atoms with Crippen LogP contribution in [0.5, 0.6) is 0 Å². The summed E-state index contributed by atoms with van der Waals surface area (Å²) in [5, 5.41) is 13.9. The van der Waals surface area contributed by atoms with Gasteiger partial charge in [-0.05, 0) is 30.9 Å². The van der Waals surface area contributed by atoms with E-state index in [-0.39, 0.29) is 23.8 Å². The number of aromatic nitrogens is 1. The standard InChI is InChI=1S/C18H21N3O4/c1-4-13-7-6-8-14(5-2)18(13)19-16(22)11-20-12(3)15(21(24)25)9-10-17(20)23/h6-10H,4-5,11H2,1-3H3,(H,19,22). The molecule has 0 unspecified atom stereocenters. The fourth-order valence-electron chi connectivity index (χ4n) is 2.78. The first-order chi connectivity index (χ1) is 11.9. The van der Waals surface area contributed by atoms with Crippen molar-refractivity contribution in [3.8, 4) is 0 Å². The summed E-state index contributed by atoms with van der Waals surface area (Å²) in [7, 11) is 0. The number of nitrogens with one attached hydrogen (secondary N) is 1. The third-order valence-electron chi connectivity index (χ3n) is 4.19. The Morgan fingerprint density at radius 3 is 2.28 bits per heavy atom. The Bertz CT molecular complexity index is 849. The van der Waals surface area contributed by atoms with Crippen LogP contribution in [0.3, 0.4) is 0 Å². The molecule has 0 spiro atoms. The molecule has 0 saturated heterocycles. The highest BCUT2D eigenvalue weighted by Gasteiger charge is 2.17. The number of aryl methyl sites for hydroxylation is 2. The molecule has 0 atom stereocenters. The third-order valence-corrected chi connectivity index (χ3v) is 4.19. The molecule has 2 aromatic rings. The fourth-order valence-corrected chi connectivity index (χ4v) is 2.78. The van der Waals surface area contributed by atoms with Crippen LogP contribution < -0.4 is 10.9 Å². The minimum Gasteiger partial charge on any atom is -0.324 e. The number of amides is 1. The van der Waals surface area contributed by atoms with Crippen LogP contribution in [-0.4, -0.2) is 15.4 Å². The lowest BCUT2D eigenvalue weighted by Crippen LogP contribution is -2.29. The first kappa shape index (κ1) is 18.4. The molecule has 0 bridgehead atoms. The number of hydrogen-bond acceptors (Lipinski definition) is 4. The number of para-hydroxylation sites is 1. The number of rotatable bonds is 6. The van der Waals surface area contributed by atoms with Gasteiger partial charge >= 0.3 is 0 Å². The summed E-state index contributed by atoms with van der Waals surface area (Å²) < 4.78 is 1.12. The van der Waals surface area contributed by atoms with Gasteiger partial charge in [-0.2, -0.15) is 0 Å². The van der Waals surface area contributed by atoms with Gasteiger partial charge in [-0.15, -0.1) is 0 Å². The molecule has 0 aliphatic carbocycles. The lowest BCUT2D eigenvalue weighted by molar-refractivity contribution is -0.386. The average Bonchev–Trinajstić information content (AvgIpc) is 2.58. The van der Waals surface area contributed by atoms with Crippen molar-refractivity contribution in [1.29, 1.82) is 0 Å². The second kappa shape index (κ2) is 7.74. The van der Waals surface area contributed by atoms with E-state index >= 15 is 0 Å². The second-order valence-electron chi connectivity index (χ2n) is 5.69. The molecule has 132 valence electrons. The maximum Gasteiger partial charge on any atom is 0.288 e. The number of carbonyl (C=O) groups is 1. The summed E-state index contributed by atoms with van der Waals surface area (Å²) in [6.45, 7) is 5.19. The first-order valence-corrected chi connectivity index (χ1v) is 8.14. The summed E-state index contributed by atoms with van der Waals surface area (Å²) >= 11 is 0. The van der Waals surface area contributed by atoms with Gasteiger partial charge in [-0.25, -0.2) is 0 Å². The Morgan fingerprint density at radius 1 is 1.16 bits per heavy atom. The van der Waals surface area contributed by atoms with Crippen molar-refractivity contribution in [2.24, 2.45) is 0 Å². The van der Waals surface area contributed by atoms with Gasteiger partial charge in [0.25, 0.3) is 11.2 Å². The summed E-state index contributed by atoms with van der Waals surface area (Å²) in [4.78, 5) is 34.9. The molecule has 1 aromatic carbocycles. The zero-order chi connectivity index (χ0) is 18.6. The molecule has 1 N–H and O–H groups in total. The van der Waals surface area contributed by atoms with Gasteiger partial charge in [-0.3, -0.25) is 24.3 Å². The number of benzene rings is 1. The van der Waals surface area contributed by atoms with E-state index in [1.54, 1.807) is 0 Å². The predicted octanol–water partition coefficient (Wildman–Crippen LogP) is 2.83. The van der Waals surface area contributed by atoms with Crippen molar-refractivity contribution in [1.82, 2.24) is 4.57 Å². The number of carbonyl (C=O) groups excluding carboxylic acids is 1. The topological polar surface area (TPSA) is 94.2 Å². The van der Waals surface area contributed by atoms with Gasteiger partial charge in [-0.1, -0.05) is 32.0 Å². The van der Waals surface area contributed by atoms with E-state index in [0.717, 1.165) is 46.4 Å². The van der Waals surface area contributed by atoms with E-state index in [9.17, 15) is 19.7 Å². The summed E-state index contributed by atoms with van der Waals surface area (Å²) in [5.74, 6) is -0.388. The lowest BCUT2D eigenvalue weighted by Gasteiger charge is -2.15. The van der Waals surface area contributed by atoms with Crippen molar-refractivity contribution < 1.29 is 9.72 Å². The predicted molar refractivity (Wildman–Crippen MR) is 95.9 cm³/mol. The summed E-state index contributed by atoms with van der Waals surface area (Å²) in [5.41, 5.74) is 2.31. The zero-order valence-electron chi connectivity index (χ0n) is 14.5. The SMILES string of the molecule is CCc1cccc(CC)c1NC(=O)Cn1c(C)c([N+](=O)[O-])ccc1=O. The molecule has 0 aliphatic rings. The molecule has 7 nitrogen and oxygen atoms in total. The zero-order valence-corrected chi connectivity index (χ0v) is 14.5. The molecule has 1 aromatic heterocycles. The molecule has 25 heavy (non-hydrogen) atoms. The normalized spacial score (nSPS) is 10.5. The number of hydrogen-bond donors (Lipinski definition) is 1. The van der Waals surface area contributed by atoms with Crippen molar-refractivity contribution in [3.63, 3.8) is 0 Å². The number of nitrogens with zero attached hydrogens (tertiary/aromatic N) is 2. The van der Waals surface area contributed by atoms with Crippen molar-refractivity contribution in [2.75, 3.05) is 5.32 Å². The van der Waals surface area contributed by atoms with Crippen molar-refractivity contribution in [2.45, 2.75) is 40.2 Å². The van der Waals surface area contributed by atoms with Gasteiger partial charge in [0.2, 0.25) is 5.91 Å². The van der Waals surface area contributed by atoms with Gasteiger partial charge in [0.15, 0.2) is 0 Å². The smallest absolute Gasteiger partial charge is 0.288 e. The molecular formula is C18H21N3O4. The molecule has 2 rings (SSSR count). The maximum absolute atomic E-state index is 12.5. The number of pyridine rings is 1. The van der Waals surface area contributed by atoms with E-state index in [1.165, 1.54) is 6.92 Å². The Hall–Kier alpha value is -2.96. The quantitative estimate of drug-likeness (QED) is 0.644. The van der Waals surface area contributed by atoms with Gasteiger partial charge in [0.05, 0.1) is 10.6 Å². The molecule has 0 radical (unpaired) electrons. The summed E-state index contributed by atoms with van der Waals surface area (Å²) in [6, 6.07) is 8.10. The van der Waals surface area contributed by atoms with E-state index in [2.05, 4.69) is 5.32 Å². The van der Waals surface area contributed by atoms with Gasteiger partial charge < -0.3 is 5.32 Å². The van der Waals surface area contributed by atoms with Gasteiger partial charge in [0, 0.05) is 17.8 Å². The average molecular weight is 343 g/mol. The van der Waals surface area contributed by atoms with Crippen LogP contribution in [0, 0.1) is 17.0 Å². The van der Waals surface area contributed by atoms with Crippen LogP contribution >= 0.6 is 0 Å². The molecule has 0 saturated carbocycles. The molecular weight excluding hydrogens is 322 g/mol. The van der Waals surface area contributed by atoms with Crippen LogP contribution in [0.2, 0.25) is 0 Å².